The molecule has 2 aliphatic rings. The number of carboxylic acids is 1. The molecule has 4 N–H and O–H groups in total. The van der Waals surface area contributed by atoms with Crippen LogP contribution in [0.15, 0.2) is 18.2 Å². The van der Waals surface area contributed by atoms with Crippen molar-refractivity contribution in [1.82, 2.24) is 9.88 Å². The fourth-order valence-electron chi connectivity index (χ4n) is 4.28. The molecule has 10 nitrogen and oxygen atoms in total. The molecule has 0 aliphatic carbocycles. The molecule has 3 heterocycles. The summed E-state index contributed by atoms with van der Waals surface area (Å²) in [6.07, 6.45) is 0. The van der Waals surface area contributed by atoms with Gasteiger partial charge in [0.15, 0.2) is 17.2 Å². The molecule has 0 fully saturated rings. The molecule has 0 radical (unpaired) electrons. The number of carboxylic acid groups (broad SMARTS) is 1. The molecule has 1 aromatic heterocycles. The van der Waals surface area contributed by atoms with E-state index in [2.05, 4.69) is 36.4 Å². The van der Waals surface area contributed by atoms with E-state index in [9.17, 15) is 14.7 Å². The van der Waals surface area contributed by atoms with E-state index >= 15 is 0 Å². The minimum Gasteiger partial charge on any atom is -0.491 e. The van der Waals surface area contributed by atoms with Gasteiger partial charge in [0.2, 0.25) is 0 Å². The van der Waals surface area contributed by atoms with Crippen molar-refractivity contribution < 1.29 is 24.2 Å². The number of Topliss-reactive ketones (excluding diaryl/α,β-unsaturated/α-hetero) is 1. The molecule has 0 unspecified atom stereocenters. The van der Waals surface area contributed by atoms with E-state index in [1.807, 2.05) is 19.2 Å². The van der Waals surface area contributed by atoms with Crippen LogP contribution in [0.5, 0.6) is 11.5 Å². The smallest absolute Gasteiger partial charge is 0.358 e. The molecule has 0 spiro atoms. The molecular formula is C26H36ClN5O5. The standard InChI is InChI=1S/C25H30N4O5.CH5N.ClH/c1-6-33-19-11-15-12-29(23(26)20(15)27-21(19)24(31)32)13-18(30)14-9-16(25(2,3)4)22-17(10-14)28(5)7-8-34-22;1-2;/h9-11,26H,6-8,12-13H2,1-5H3,(H,31,32);2H2,1H3;1H. The lowest BCUT2D eigenvalue weighted by Gasteiger charge is -2.33. The van der Waals surface area contributed by atoms with Crippen molar-refractivity contribution in [2.24, 2.45) is 5.73 Å². The number of nitrogens with one attached hydrogen (secondary N) is 1. The van der Waals surface area contributed by atoms with Crippen LogP contribution in [0, 0.1) is 5.41 Å². The van der Waals surface area contributed by atoms with Crippen molar-refractivity contribution in [2.75, 3.05) is 45.3 Å². The number of fused-ring (bicyclic) bond motifs is 2. The van der Waals surface area contributed by atoms with Crippen molar-refractivity contribution >= 4 is 35.7 Å². The average molecular weight is 534 g/mol. The Balaban J connectivity index is 0.00000157. The number of carbonyl (C=O) groups excluding carboxylic acids is 1. The molecular weight excluding hydrogens is 498 g/mol. The Hall–Kier alpha value is -3.37. The van der Waals surface area contributed by atoms with Gasteiger partial charge in [0, 0.05) is 30.3 Å². The van der Waals surface area contributed by atoms with Crippen LogP contribution in [0.3, 0.4) is 0 Å². The number of ketones is 1. The molecule has 2 aliphatic heterocycles. The van der Waals surface area contributed by atoms with Crippen LogP contribution in [0.25, 0.3) is 0 Å². The molecule has 11 heteroatoms. The van der Waals surface area contributed by atoms with E-state index in [0.717, 1.165) is 23.5 Å². The number of nitrogens with zero attached hydrogens (tertiary/aromatic N) is 3. The van der Waals surface area contributed by atoms with Gasteiger partial charge in [0.1, 0.15) is 23.9 Å². The summed E-state index contributed by atoms with van der Waals surface area (Å²) in [7, 11) is 3.48. The highest BCUT2D eigenvalue weighted by atomic mass is 35.5. The number of halogens is 1. The third-order valence-electron chi connectivity index (χ3n) is 6.09. The van der Waals surface area contributed by atoms with Gasteiger partial charge in [-0.3, -0.25) is 10.2 Å². The summed E-state index contributed by atoms with van der Waals surface area (Å²) in [5.41, 5.74) is 7.39. The van der Waals surface area contributed by atoms with Crippen LogP contribution in [-0.4, -0.2) is 73.0 Å². The number of anilines is 1. The fourth-order valence-corrected chi connectivity index (χ4v) is 4.28. The number of aromatic nitrogens is 1. The molecule has 0 amide bonds. The summed E-state index contributed by atoms with van der Waals surface area (Å²) in [6.45, 7) is 9.92. The Morgan fingerprint density at radius 2 is 1.92 bits per heavy atom. The first-order valence-corrected chi connectivity index (χ1v) is 11.9. The number of benzene rings is 1. The summed E-state index contributed by atoms with van der Waals surface area (Å²) < 4.78 is 11.4. The fraction of sp³-hybridized carbons (Fsp3) is 0.462. The molecule has 1 aromatic carbocycles. The maximum atomic E-state index is 13.4. The third-order valence-corrected chi connectivity index (χ3v) is 6.09. The SMILES string of the molecule is CCOc1cc2c(nc1C(=O)O)C(=N)N(CC(=O)c1cc3c(c(C(C)(C)C)c1)OCCN3C)C2.CN.Cl. The van der Waals surface area contributed by atoms with Gasteiger partial charge in [-0.1, -0.05) is 20.8 Å². The van der Waals surface area contributed by atoms with Gasteiger partial charge in [-0.15, -0.1) is 12.4 Å². The van der Waals surface area contributed by atoms with Gasteiger partial charge in [-0.2, -0.15) is 0 Å². The maximum absolute atomic E-state index is 13.4. The first-order valence-electron chi connectivity index (χ1n) is 11.9. The Morgan fingerprint density at radius 3 is 2.51 bits per heavy atom. The van der Waals surface area contributed by atoms with Crippen LogP contribution in [0.4, 0.5) is 5.69 Å². The van der Waals surface area contributed by atoms with Crippen molar-refractivity contribution in [3.63, 3.8) is 0 Å². The van der Waals surface area contributed by atoms with E-state index in [0.29, 0.717) is 24.3 Å². The van der Waals surface area contributed by atoms with E-state index in [-0.39, 0.29) is 59.7 Å². The largest absolute Gasteiger partial charge is 0.491 e. The van der Waals surface area contributed by atoms with Crippen LogP contribution in [0.2, 0.25) is 0 Å². The van der Waals surface area contributed by atoms with Gasteiger partial charge in [-0.25, -0.2) is 9.78 Å². The molecule has 0 saturated carbocycles. The topological polar surface area (TPSA) is 142 Å². The second-order valence-corrected chi connectivity index (χ2v) is 9.60. The summed E-state index contributed by atoms with van der Waals surface area (Å²) in [5, 5.41) is 18.0. The van der Waals surface area contributed by atoms with Gasteiger partial charge in [0.25, 0.3) is 0 Å². The second kappa shape index (κ2) is 11.8. The lowest BCUT2D eigenvalue weighted by molar-refractivity contribution is 0.0685. The van der Waals surface area contributed by atoms with Crippen LogP contribution < -0.4 is 20.1 Å². The Bertz CT molecular complexity index is 1190. The monoisotopic (exact) mass is 533 g/mol. The lowest BCUT2D eigenvalue weighted by atomic mass is 9.84. The van der Waals surface area contributed by atoms with Crippen molar-refractivity contribution in [2.45, 2.75) is 39.7 Å². The number of hydrogen-bond donors (Lipinski definition) is 3. The highest BCUT2D eigenvalue weighted by Crippen LogP contribution is 2.41. The lowest BCUT2D eigenvalue weighted by Crippen LogP contribution is -2.33. The zero-order valence-corrected chi connectivity index (χ0v) is 23.0. The molecule has 0 saturated heterocycles. The summed E-state index contributed by atoms with van der Waals surface area (Å²) in [4.78, 5) is 32.9. The Kier molecular flexibility index (Phi) is 9.51. The van der Waals surface area contributed by atoms with Gasteiger partial charge < -0.3 is 30.1 Å². The number of pyridine rings is 1. The van der Waals surface area contributed by atoms with Crippen LogP contribution in [-0.2, 0) is 12.0 Å². The zero-order valence-electron chi connectivity index (χ0n) is 22.2. The molecule has 202 valence electrons. The van der Waals surface area contributed by atoms with Crippen molar-refractivity contribution in [3.8, 4) is 11.5 Å². The highest BCUT2D eigenvalue weighted by Gasteiger charge is 2.32. The van der Waals surface area contributed by atoms with Crippen LogP contribution >= 0.6 is 12.4 Å². The summed E-state index contributed by atoms with van der Waals surface area (Å²) >= 11 is 0. The van der Waals surface area contributed by atoms with Crippen molar-refractivity contribution in [3.05, 3.63) is 46.3 Å². The highest BCUT2D eigenvalue weighted by molar-refractivity contribution is 6.05. The zero-order chi connectivity index (χ0) is 26.8. The number of hydrogen-bond acceptors (Lipinski definition) is 8. The molecule has 37 heavy (non-hydrogen) atoms. The average Bonchev–Trinajstić information content (AvgIpc) is 3.13. The second-order valence-electron chi connectivity index (χ2n) is 9.60. The van der Waals surface area contributed by atoms with Gasteiger partial charge in [-0.05, 0) is 37.6 Å². The minimum absolute atomic E-state index is 0. The predicted molar refractivity (Wildman–Crippen MR) is 145 cm³/mol. The third kappa shape index (κ3) is 5.97. The van der Waals surface area contributed by atoms with E-state index in [1.165, 1.54) is 7.05 Å². The Labute approximate surface area is 223 Å². The van der Waals surface area contributed by atoms with Gasteiger partial charge >= 0.3 is 5.97 Å². The molecule has 0 atom stereocenters. The Morgan fingerprint density at radius 1 is 1.24 bits per heavy atom. The van der Waals surface area contributed by atoms with E-state index < -0.39 is 5.97 Å². The number of nitrogens with two attached hydrogens (primary N) is 1. The first kappa shape index (κ1) is 29.9. The first-order chi connectivity index (χ1) is 17.0. The number of rotatable bonds is 6. The minimum atomic E-state index is -1.22. The predicted octanol–water partition coefficient (Wildman–Crippen LogP) is 3.33. The number of ether oxygens (including phenoxy) is 2. The molecule has 2 aromatic rings. The normalized spacial score (nSPS) is 14.0. The van der Waals surface area contributed by atoms with Crippen molar-refractivity contribution in [1.29, 1.82) is 5.41 Å². The van der Waals surface area contributed by atoms with E-state index in [4.69, 9.17) is 14.9 Å². The number of carbonyl (C=O) groups is 2. The van der Waals surface area contributed by atoms with Gasteiger partial charge in [0.05, 0.1) is 25.4 Å². The van der Waals surface area contributed by atoms with Crippen LogP contribution in [0.1, 0.15) is 65.4 Å². The molecule has 4 rings (SSSR count). The summed E-state index contributed by atoms with van der Waals surface area (Å²) in [5.74, 6) is -0.337. The maximum Gasteiger partial charge on any atom is 0.358 e. The van der Waals surface area contributed by atoms with E-state index in [1.54, 1.807) is 17.9 Å². The number of aromatic carboxylic acids is 1. The molecule has 0 bridgehead atoms. The summed E-state index contributed by atoms with van der Waals surface area (Å²) in [6, 6.07) is 5.35. The quantitative estimate of drug-likeness (QED) is 0.476. The number of likely N-dealkylation sites (N-methyl/N-ethyl adjacent to an activating group) is 1. The number of amidine groups is 1.